The molecule has 0 N–H and O–H groups in total. The van der Waals surface area contributed by atoms with E-state index in [1.807, 2.05) is 0 Å². The molecule has 4 atom stereocenters. The Bertz CT molecular complexity index is 493. The molecule has 1 spiro atoms. The van der Waals surface area contributed by atoms with Crippen LogP contribution in [-0.2, 0) is 18.9 Å². The van der Waals surface area contributed by atoms with Gasteiger partial charge in [0.1, 0.15) is 12.2 Å². The van der Waals surface area contributed by atoms with Gasteiger partial charge in [-0.2, -0.15) is 0 Å². The molecule has 0 bridgehead atoms. The lowest BCUT2D eigenvalue weighted by molar-refractivity contribution is -0.207. The van der Waals surface area contributed by atoms with Crippen LogP contribution in [0.4, 0.5) is 0 Å². The van der Waals surface area contributed by atoms with Gasteiger partial charge in [0.25, 0.3) is 0 Å². The summed E-state index contributed by atoms with van der Waals surface area (Å²) >= 11 is 0. The Labute approximate surface area is 173 Å². The van der Waals surface area contributed by atoms with Gasteiger partial charge in [-0.25, -0.2) is 0 Å². The average molecular weight is 397 g/mol. The topological polar surface area (TPSA) is 36.9 Å². The molecular weight excluding hydrogens is 352 g/mol. The third-order valence-electron chi connectivity index (χ3n) is 7.97. The molecule has 28 heavy (non-hydrogen) atoms. The molecule has 3 rings (SSSR count). The smallest absolute Gasteiger partial charge is 0.172 e. The van der Waals surface area contributed by atoms with E-state index in [1.165, 1.54) is 25.7 Å². The molecule has 0 amide bonds. The van der Waals surface area contributed by atoms with Crippen LogP contribution in [0.1, 0.15) is 87.5 Å². The van der Waals surface area contributed by atoms with Gasteiger partial charge in [-0.3, -0.25) is 0 Å². The zero-order valence-corrected chi connectivity index (χ0v) is 19.5. The van der Waals surface area contributed by atoms with Crippen molar-refractivity contribution < 1.29 is 18.9 Å². The van der Waals surface area contributed by atoms with Crippen LogP contribution in [0, 0.1) is 23.7 Å². The van der Waals surface area contributed by atoms with Crippen LogP contribution < -0.4 is 0 Å². The highest BCUT2D eigenvalue weighted by Gasteiger charge is 2.61. The minimum Gasteiger partial charge on any atom is -0.373 e. The largest absolute Gasteiger partial charge is 0.373 e. The van der Waals surface area contributed by atoms with Crippen LogP contribution in [-0.4, -0.2) is 42.4 Å². The maximum Gasteiger partial charge on any atom is 0.172 e. The fourth-order valence-electron chi connectivity index (χ4n) is 4.26. The van der Waals surface area contributed by atoms with E-state index < -0.39 is 5.79 Å². The summed E-state index contributed by atoms with van der Waals surface area (Å²) in [5, 5.41) is 0. The fourth-order valence-corrected chi connectivity index (χ4v) is 4.26. The average Bonchev–Trinajstić information content (AvgIpc) is 3.31. The van der Waals surface area contributed by atoms with Gasteiger partial charge in [-0.05, 0) is 64.7 Å². The van der Waals surface area contributed by atoms with Gasteiger partial charge in [0.2, 0.25) is 0 Å². The summed E-state index contributed by atoms with van der Waals surface area (Å²) in [6.07, 6.45) is 6.00. The van der Waals surface area contributed by atoms with Gasteiger partial charge < -0.3 is 18.9 Å². The van der Waals surface area contributed by atoms with Crippen LogP contribution in [0.25, 0.3) is 0 Å². The van der Waals surface area contributed by atoms with Crippen molar-refractivity contribution in [3.63, 3.8) is 0 Å². The second kappa shape index (κ2) is 8.17. The van der Waals surface area contributed by atoms with Gasteiger partial charge in [-0.1, -0.05) is 34.1 Å². The summed E-state index contributed by atoms with van der Waals surface area (Å²) in [6.45, 7) is 18.6. The molecule has 4 heteroatoms. The van der Waals surface area contributed by atoms with Crippen molar-refractivity contribution in [1.29, 1.82) is 0 Å². The van der Waals surface area contributed by atoms with Gasteiger partial charge in [0, 0.05) is 12.3 Å². The number of fused-ring (bicyclic) bond motifs is 2. The van der Waals surface area contributed by atoms with E-state index in [2.05, 4.69) is 55.4 Å². The number of hydrogen-bond donors (Lipinski definition) is 0. The van der Waals surface area contributed by atoms with Crippen LogP contribution in [0.2, 0.25) is 0 Å². The lowest BCUT2D eigenvalue weighted by Crippen LogP contribution is -2.41. The van der Waals surface area contributed by atoms with Gasteiger partial charge in [-0.15, -0.1) is 0 Å². The SMILES string of the molecule is CC(C)C(C)(C)OC[C@@H]1OC2(CCCC[C@H]3C[C@H]32)O[C@H]1COC(C)(C)C(C)C. The normalized spacial score (nSPS) is 32.8. The number of rotatable bonds is 8. The Morgan fingerprint density at radius 3 is 1.82 bits per heavy atom. The third-order valence-corrected chi connectivity index (χ3v) is 7.97. The third kappa shape index (κ3) is 4.77. The minimum absolute atomic E-state index is 0.0552. The summed E-state index contributed by atoms with van der Waals surface area (Å²) in [5.74, 6) is 1.86. The lowest BCUT2D eigenvalue weighted by Gasteiger charge is -2.33. The summed E-state index contributed by atoms with van der Waals surface area (Å²) in [5.41, 5.74) is -0.347. The van der Waals surface area contributed by atoms with Crippen LogP contribution in [0.5, 0.6) is 0 Å². The van der Waals surface area contributed by atoms with Crippen molar-refractivity contribution in [3.05, 3.63) is 0 Å². The van der Waals surface area contributed by atoms with Crippen LogP contribution in [0.15, 0.2) is 0 Å². The molecule has 2 aliphatic carbocycles. The molecule has 4 nitrogen and oxygen atoms in total. The zero-order chi connectivity index (χ0) is 20.7. The van der Waals surface area contributed by atoms with E-state index in [4.69, 9.17) is 18.9 Å². The highest BCUT2D eigenvalue weighted by molar-refractivity contribution is 5.03. The zero-order valence-electron chi connectivity index (χ0n) is 19.5. The second-order valence-corrected chi connectivity index (χ2v) is 11.1. The van der Waals surface area contributed by atoms with Gasteiger partial charge in [0.05, 0.1) is 24.4 Å². The Morgan fingerprint density at radius 1 is 0.857 bits per heavy atom. The molecule has 0 unspecified atom stereocenters. The summed E-state index contributed by atoms with van der Waals surface area (Å²) in [6, 6.07) is 0. The summed E-state index contributed by atoms with van der Waals surface area (Å²) in [7, 11) is 0. The van der Waals surface area contributed by atoms with Crippen molar-refractivity contribution in [2.75, 3.05) is 13.2 Å². The van der Waals surface area contributed by atoms with E-state index in [1.54, 1.807) is 0 Å². The van der Waals surface area contributed by atoms with Gasteiger partial charge in [0.15, 0.2) is 5.79 Å². The molecule has 164 valence electrons. The van der Waals surface area contributed by atoms with E-state index >= 15 is 0 Å². The maximum atomic E-state index is 6.71. The van der Waals surface area contributed by atoms with E-state index in [-0.39, 0.29) is 23.4 Å². The molecule has 0 radical (unpaired) electrons. The monoisotopic (exact) mass is 396 g/mol. The first-order valence-electron chi connectivity index (χ1n) is 11.6. The molecule has 3 aliphatic rings. The molecule has 3 fully saturated rings. The van der Waals surface area contributed by atoms with Gasteiger partial charge >= 0.3 is 0 Å². The van der Waals surface area contributed by atoms with Crippen LogP contribution >= 0.6 is 0 Å². The summed E-state index contributed by atoms with van der Waals surface area (Å²) in [4.78, 5) is 0. The molecule has 1 heterocycles. The predicted octanol–water partition coefficient (Wildman–Crippen LogP) is 5.58. The van der Waals surface area contributed by atoms with E-state index in [0.29, 0.717) is 31.0 Å². The molecule has 0 aromatic carbocycles. The Balaban J connectivity index is 1.70. The second-order valence-electron chi connectivity index (χ2n) is 11.1. The molecular formula is C24H44O4. The van der Waals surface area contributed by atoms with Crippen molar-refractivity contribution in [1.82, 2.24) is 0 Å². The quantitative estimate of drug-likeness (QED) is 0.537. The Hall–Kier alpha value is -0.160. The molecule has 0 aromatic rings. The highest BCUT2D eigenvalue weighted by atomic mass is 16.8. The fraction of sp³-hybridized carbons (Fsp3) is 1.00. The molecule has 1 saturated heterocycles. The summed E-state index contributed by atoms with van der Waals surface area (Å²) < 4.78 is 26.1. The first kappa shape index (κ1) is 22.5. The van der Waals surface area contributed by atoms with Crippen molar-refractivity contribution in [3.8, 4) is 0 Å². The molecule has 0 aromatic heterocycles. The maximum absolute atomic E-state index is 6.71. The van der Waals surface area contributed by atoms with Crippen LogP contribution in [0.3, 0.4) is 0 Å². The Kier molecular flexibility index (Phi) is 6.57. The first-order chi connectivity index (χ1) is 13.0. The standard InChI is InChI=1S/C24H44O4/c1-16(2)22(5,6)25-14-20-21(15-26-23(7,8)17(3)4)28-24(27-20)12-10-9-11-18-13-19(18)24/h16-21H,9-15H2,1-8H3/t18-,19+,20-,21-/m0/s1. The van der Waals surface area contributed by atoms with Crippen molar-refractivity contribution >= 4 is 0 Å². The number of ether oxygens (including phenoxy) is 4. The highest BCUT2D eigenvalue weighted by Crippen LogP contribution is 2.58. The molecule has 1 aliphatic heterocycles. The lowest BCUT2D eigenvalue weighted by atomic mass is 9.94. The van der Waals surface area contributed by atoms with E-state index in [0.717, 1.165) is 12.3 Å². The number of hydrogen-bond acceptors (Lipinski definition) is 4. The first-order valence-corrected chi connectivity index (χ1v) is 11.6. The molecule has 2 saturated carbocycles. The van der Waals surface area contributed by atoms with E-state index in [9.17, 15) is 0 Å². The van der Waals surface area contributed by atoms with Crippen molar-refractivity contribution in [2.24, 2.45) is 23.7 Å². The Morgan fingerprint density at radius 2 is 1.36 bits per heavy atom. The minimum atomic E-state index is -0.396. The predicted molar refractivity (Wildman–Crippen MR) is 112 cm³/mol. The van der Waals surface area contributed by atoms with Crippen molar-refractivity contribution in [2.45, 2.75) is 117 Å².